The number of rotatable bonds is 2. The first-order valence-corrected chi connectivity index (χ1v) is 5.58. The third-order valence-corrected chi connectivity index (χ3v) is 3.22. The Labute approximate surface area is 96.3 Å². The summed E-state index contributed by atoms with van der Waals surface area (Å²) in [4.78, 5) is 23.1. The third-order valence-electron chi connectivity index (χ3n) is 3.22. The molecule has 0 atom stereocenters. The van der Waals surface area contributed by atoms with Crippen LogP contribution in [0, 0.1) is 0 Å². The van der Waals surface area contributed by atoms with Gasteiger partial charge in [-0.05, 0) is 19.3 Å². The predicted molar refractivity (Wildman–Crippen MR) is 61.4 cm³/mol. The van der Waals surface area contributed by atoms with Gasteiger partial charge in [0, 0.05) is 6.04 Å². The van der Waals surface area contributed by atoms with Crippen LogP contribution in [0.1, 0.15) is 31.1 Å². The molecule has 2 heterocycles. The van der Waals surface area contributed by atoms with Crippen molar-refractivity contribution in [3.05, 3.63) is 16.2 Å². The number of hydrogen-bond donors (Lipinski definition) is 3. The summed E-state index contributed by atoms with van der Waals surface area (Å²) >= 11 is 0. The highest BCUT2D eigenvalue weighted by Gasteiger charge is 2.24. The third kappa shape index (κ3) is 1.42. The minimum absolute atomic E-state index is 0.153. The molecular weight excluding hydrogens is 222 g/mol. The summed E-state index contributed by atoms with van der Waals surface area (Å²) in [5, 5.41) is 8.97. The summed E-state index contributed by atoms with van der Waals surface area (Å²) in [7, 11) is 0. The fourth-order valence-electron chi connectivity index (χ4n) is 2.10. The van der Waals surface area contributed by atoms with Crippen molar-refractivity contribution in [1.29, 1.82) is 0 Å². The molecule has 0 bridgehead atoms. The quantitative estimate of drug-likeness (QED) is 0.674. The first kappa shape index (κ1) is 10.3. The Kier molecular flexibility index (Phi) is 2.15. The fourth-order valence-corrected chi connectivity index (χ4v) is 2.10. The maximum Gasteiger partial charge on any atom is 0.281 e. The maximum atomic E-state index is 12.2. The monoisotopic (exact) mass is 235 g/mol. The molecule has 7 nitrogen and oxygen atoms in total. The Morgan fingerprint density at radius 2 is 2.24 bits per heavy atom. The molecule has 1 fully saturated rings. The Balaban J connectivity index is 2.25. The van der Waals surface area contributed by atoms with E-state index in [9.17, 15) is 4.79 Å². The van der Waals surface area contributed by atoms with Crippen LogP contribution < -0.4 is 11.3 Å². The number of fused-ring (bicyclic) bond motifs is 1. The van der Waals surface area contributed by atoms with Crippen LogP contribution in [0.5, 0.6) is 0 Å². The van der Waals surface area contributed by atoms with Crippen LogP contribution in [-0.4, -0.2) is 24.6 Å². The van der Waals surface area contributed by atoms with Crippen LogP contribution in [-0.2, 0) is 6.61 Å². The van der Waals surface area contributed by atoms with Gasteiger partial charge >= 0.3 is 0 Å². The Hall–Kier alpha value is -1.89. The van der Waals surface area contributed by atoms with E-state index in [1.807, 2.05) is 0 Å². The van der Waals surface area contributed by atoms with E-state index in [0.29, 0.717) is 11.3 Å². The van der Waals surface area contributed by atoms with Crippen molar-refractivity contribution >= 4 is 17.1 Å². The minimum atomic E-state index is -0.251. The van der Waals surface area contributed by atoms with E-state index in [4.69, 9.17) is 10.8 Å². The molecule has 0 saturated heterocycles. The Morgan fingerprint density at radius 3 is 2.82 bits per heavy atom. The lowest BCUT2D eigenvalue weighted by molar-refractivity contribution is 0.273. The zero-order valence-corrected chi connectivity index (χ0v) is 9.18. The first-order valence-electron chi connectivity index (χ1n) is 5.58. The van der Waals surface area contributed by atoms with Crippen LogP contribution in [0.4, 0.5) is 5.95 Å². The molecule has 1 aliphatic rings. The molecule has 0 spiro atoms. The molecule has 0 amide bonds. The highest BCUT2D eigenvalue weighted by atomic mass is 16.3. The molecule has 90 valence electrons. The molecular formula is C10H13N5O2. The molecule has 1 aliphatic carbocycles. The average molecular weight is 235 g/mol. The number of nitrogen functional groups attached to an aromatic ring is 1. The largest absolute Gasteiger partial charge is 0.388 e. The summed E-state index contributed by atoms with van der Waals surface area (Å²) < 4.78 is 1.52. The molecule has 0 radical (unpaired) electrons. The fraction of sp³-hybridized carbons (Fsp3) is 0.500. The van der Waals surface area contributed by atoms with Crippen LogP contribution >= 0.6 is 0 Å². The molecule has 3 rings (SSSR count). The van der Waals surface area contributed by atoms with E-state index < -0.39 is 0 Å². The van der Waals surface area contributed by atoms with Crippen molar-refractivity contribution in [2.75, 3.05) is 5.73 Å². The molecule has 2 aromatic rings. The van der Waals surface area contributed by atoms with Crippen LogP contribution in [0.3, 0.4) is 0 Å². The molecule has 4 N–H and O–H groups in total. The Morgan fingerprint density at radius 1 is 1.47 bits per heavy atom. The second-order valence-corrected chi connectivity index (χ2v) is 4.27. The SMILES string of the molecule is Nc1nc2nc(CO)[nH]c2c(=O)n1C1CCC1. The molecule has 0 aliphatic heterocycles. The lowest BCUT2D eigenvalue weighted by Crippen LogP contribution is -2.31. The highest BCUT2D eigenvalue weighted by molar-refractivity contribution is 5.70. The van der Waals surface area contributed by atoms with Crippen molar-refractivity contribution in [3.8, 4) is 0 Å². The second kappa shape index (κ2) is 3.56. The number of nitrogens with one attached hydrogen (secondary N) is 1. The number of aromatic nitrogens is 4. The van der Waals surface area contributed by atoms with Gasteiger partial charge in [-0.3, -0.25) is 9.36 Å². The van der Waals surface area contributed by atoms with E-state index in [1.54, 1.807) is 0 Å². The van der Waals surface area contributed by atoms with E-state index in [1.165, 1.54) is 4.57 Å². The van der Waals surface area contributed by atoms with Gasteiger partial charge in [0.25, 0.3) is 5.56 Å². The summed E-state index contributed by atoms with van der Waals surface area (Å²) in [6.45, 7) is -0.251. The van der Waals surface area contributed by atoms with Gasteiger partial charge in [0.1, 0.15) is 12.4 Å². The summed E-state index contributed by atoms with van der Waals surface area (Å²) in [6.07, 6.45) is 3.02. The number of hydrogen-bond acceptors (Lipinski definition) is 5. The van der Waals surface area contributed by atoms with E-state index in [0.717, 1.165) is 19.3 Å². The summed E-state index contributed by atoms with van der Waals surface area (Å²) in [6, 6.07) is 0.153. The average Bonchev–Trinajstić information content (AvgIpc) is 2.64. The van der Waals surface area contributed by atoms with Gasteiger partial charge in [0.2, 0.25) is 5.95 Å². The van der Waals surface area contributed by atoms with E-state index in [-0.39, 0.29) is 29.8 Å². The molecule has 7 heteroatoms. The van der Waals surface area contributed by atoms with Crippen LogP contribution in [0.25, 0.3) is 11.2 Å². The van der Waals surface area contributed by atoms with Gasteiger partial charge in [-0.15, -0.1) is 0 Å². The number of anilines is 1. The standard InChI is InChI=1S/C10H13N5O2/c11-10-14-8-7(12-6(4-16)13-8)9(17)15(10)5-2-1-3-5/h5,16H,1-4H2,(H2,11,14)(H,12,13). The van der Waals surface area contributed by atoms with Gasteiger partial charge in [0.05, 0.1) is 0 Å². The molecule has 2 aromatic heterocycles. The van der Waals surface area contributed by atoms with Crippen LogP contribution in [0.15, 0.2) is 4.79 Å². The number of nitrogens with zero attached hydrogens (tertiary/aromatic N) is 3. The molecule has 17 heavy (non-hydrogen) atoms. The van der Waals surface area contributed by atoms with Gasteiger partial charge in [-0.2, -0.15) is 4.98 Å². The van der Waals surface area contributed by atoms with Gasteiger partial charge in [-0.25, -0.2) is 4.98 Å². The highest BCUT2D eigenvalue weighted by Crippen LogP contribution is 2.31. The summed E-state index contributed by atoms with van der Waals surface area (Å²) in [5.74, 6) is 0.526. The number of nitrogens with two attached hydrogens (primary N) is 1. The smallest absolute Gasteiger partial charge is 0.281 e. The van der Waals surface area contributed by atoms with Crippen LogP contribution in [0.2, 0.25) is 0 Å². The second-order valence-electron chi connectivity index (χ2n) is 4.27. The number of aromatic amines is 1. The lowest BCUT2D eigenvalue weighted by atomic mass is 9.93. The van der Waals surface area contributed by atoms with E-state index >= 15 is 0 Å². The molecule has 0 aromatic carbocycles. The van der Waals surface area contributed by atoms with Crippen molar-refractivity contribution in [2.24, 2.45) is 0 Å². The van der Waals surface area contributed by atoms with Gasteiger partial charge < -0.3 is 15.8 Å². The van der Waals surface area contributed by atoms with Crippen molar-refractivity contribution in [1.82, 2.24) is 19.5 Å². The predicted octanol–water partition coefficient (Wildman–Crippen LogP) is -0.0809. The maximum absolute atomic E-state index is 12.2. The number of aliphatic hydroxyl groups excluding tert-OH is 1. The topological polar surface area (TPSA) is 110 Å². The van der Waals surface area contributed by atoms with E-state index in [2.05, 4.69) is 15.0 Å². The van der Waals surface area contributed by atoms with Crippen molar-refractivity contribution in [3.63, 3.8) is 0 Å². The van der Waals surface area contributed by atoms with Crippen molar-refractivity contribution in [2.45, 2.75) is 31.9 Å². The zero-order chi connectivity index (χ0) is 12.0. The molecule has 1 saturated carbocycles. The van der Waals surface area contributed by atoms with Gasteiger partial charge in [-0.1, -0.05) is 0 Å². The number of H-pyrrole nitrogens is 1. The lowest BCUT2D eigenvalue weighted by Gasteiger charge is -2.28. The normalized spacial score (nSPS) is 16.3. The van der Waals surface area contributed by atoms with Crippen molar-refractivity contribution < 1.29 is 5.11 Å². The zero-order valence-electron chi connectivity index (χ0n) is 9.18. The number of aliphatic hydroxyl groups is 1. The Bertz CT molecular complexity index is 625. The molecule has 0 unspecified atom stereocenters. The van der Waals surface area contributed by atoms with Gasteiger partial charge in [0.15, 0.2) is 11.2 Å². The number of imidazole rings is 1. The minimum Gasteiger partial charge on any atom is -0.388 e. The summed E-state index contributed by atoms with van der Waals surface area (Å²) in [5.41, 5.74) is 6.17. The first-order chi connectivity index (χ1) is 8.20.